The van der Waals surface area contributed by atoms with Gasteiger partial charge in [-0.15, -0.1) is 0 Å². The lowest BCUT2D eigenvalue weighted by Crippen LogP contribution is -2.25. The van der Waals surface area contributed by atoms with Crippen LogP contribution in [0.4, 0.5) is 0 Å². The van der Waals surface area contributed by atoms with Gasteiger partial charge in [0.25, 0.3) is 0 Å². The number of rotatable bonds is 7. The van der Waals surface area contributed by atoms with E-state index < -0.39 is 0 Å². The van der Waals surface area contributed by atoms with Gasteiger partial charge in [-0.1, -0.05) is 48.5 Å². The average molecular weight is 344 g/mol. The monoisotopic (exact) mass is 344 g/mol. The summed E-state index contributed by atoms with van der Waals surface area (Å²) in [5, 5.41) is 12.3. The quantitative estimate of drug-likeness (QED) is 0.560. The molecule has 2 aromatic heterocycles. The Labute approximate surface area is 152 Å². The molecule has 130 valence electrons. The minimum Gasteiger partial charge on any atom is -0.304 e. The number of para-hydroxylation sites is 1. The van der Waals surface area contributed by atoms with E-state index in [4.69, 9.17) is 0 Å². The highest BCUT2D eigenvalue weighted by atomic mass is 15.3. The smallest absolute Gasteiger partial charge is 0.137 e. The van der Waals surface area contributed by atoms with E-state index in [0.717, 1.165) is 24.3 Å². The molecule has 0 saturated carbocycles. The van der Waals surface area contributed by atoms with Crippen molar-refractivity contribution in [2.24, 2.45) is 0 Å². The van der Waals surface area contributed by atoms with Gasteiger partial charge in [-0.25, -0.2) is 9.67 Å². The van der Waals surface area contributed by atoms with Crippen LogP contribution in [0.25, 0.3) is 5.69 Å². The van der Waals surface area contributed by atoms with Crippen molar-refractivity contribution < 1.29 is 0 Å². The molecule has 0 radical (unpaired) electrons. The Morgan fingerprint density at radius 3 is 2.42 bits per heavy atom. The molecule has 1 atom stereocenters. The Kier molecular flexibility index (Phi) is 4.84. The van der Waals surface area contributed by atoms with Gasteiger partial charge in [-0.05, 0) is 17.7 Å². The summed E-state index contributed by atoms with van der Waals surface area (Å²) in [5.41, 5.74) is 3.41. The molecule has 0 spiro atoms. The van der Waals surface area contributed by atoms with E-state index in [-0.39, 0.29) is 6.04 Å². The van der Waals surface area contributed by atoms with Crippen LogP contribution >= 0.6 is 0 Å². The molecule has 4 rings (SSSR count). The third-order valence-electron chi connectivity index (χ3n) is 4.25. The van der Waals surface area contributed by atoms with Gasteiger partial charge in [0.05, 0.1) is 24.5 Å². The molecule has 0 saturated heterocycles. The van der Waals surface area contributed by atoms with Crippen molar-refractivity contribution in [2.45, 2.75) is 19.1 Å². The van der Waals surface area contributed by atoms with Crippen LogP contribution in [0.15, 0.2) is 85.7 Å². The van der Waals surface area contributed by atoms with Gasteiger partial charge in [0, 0.05) is 18.3 Å². The van der Waals surface area contributed by atoms with Crippen molar-refractivity contribution in [1.82, 2.24) is 29.9 Å². The normalized spacial score (nSPS) is 12.2. The summed E-state index contributed by atoms with van der Waals surface area (Å²) in [4.78, 5) is 4.03. The second-order valence-corrected chi connectivity index (χ2v) is 6.09. The first-order valence-electron chi connectivity index (χ1n) is 8.58. The number of nitrogens with one attached hydrogen (secondary N) is 1. The molecule has 26 heavy (non-hydrogen) atoms. The van der Waals surface area contributed by atoms with Crippen molar-refractivity contribution in [3.63, 3.8) is 0 Å². The number of benzene rings is 2. The fraction of sp³-hybridized carbons (Fsp3) is 0.150. The van der Waals surface area contributed by atoms with Crippen molar-refractivity contribution in [3.05, 3.63) is 96.8 Å². The van der Waals surface area contributed by atoms with Crippen molar-refractivity contribution in [1.29, 1.82) is 0 Å². The van der Waals surface area contributed by atoms with E-state index in [1.165, 1.54) is 5.56 Å². The van der Waals surface area contributed by atoms with Crippen LogP contribution in [0, 0.1) is 0 Å². The van der Waals surface area contributed by atoms with Crippen molar-refractivity contribution >= 4 is 0 Å². The molecule has 0 aliphatic rings. The molecule has 0 amide bonds. The van der Waals surface area contributed by atoms with Gasteiger partial charge in [0.2, 0.25) is 0 Å². The van der Waals surface area contributed by atoms with E-state index in [1.54, 1.807) is 12.7 Å². The molecular formula is C20H20N6. The number of hydrogen-bond donors (Lipinski definition) is 1. The highest BCUT2D eigenvalue weighted by molar-refractivity contribution is 5.31. The fourth-order valence-corrected chi connectivity index (χ4v) is 2.90. The fourth-order valence-electron chi connectivity index (χ4n) is 2.90. The first kappa shape index (κ1) is 16.2. The van der Waals surface area contributed by atoms with E-state index in [9.17, 15) is 0 Å². The highest BCUT2D eigenvalue weighted by Crippen LogP contribution is 2.16. The highest BCUT2D eigenvalue weighted by Gasteiger charge is 2.13. The SMILES string of the molecule is c1ccc(C(Cn2cncn2)NCc2cnn(-c3ccccc3)c2)cc1. The Balaban J connectivity index is 1.47. The van der Waals surface area contributed by atoms with Crippen molar-refractivity contribution in [2.75, 3.05) is 0 Å². The van der Waals surface area contributed by atoms with Crippen LogP contribution in [0.2, 0.25) is 0 Å². The summed E-state index contributed by atoms with van der Waals surface area (Å²) in [6, 6.07) is 20.6. The van der Waals surface area contributed by atoms with Crippen LogP contribution in [-0.2, 0) is 13.1 Å². The Hall–Kier alpha value is -3.25. The molecule has 6 heteroatoms. The zero-order chi connectivity index (χ0) is 17.6. The standard InChI is InChI=1S/C20H20N6/c1-3-7-18(8-4-1)20(14-25-16-21-15-24-25)22-11-17-12-23-26(13-17)19-9-5-2-6-10-19/h1-10,12-13,15-16,20,22H,11,14H2. The second kappa shape index (κ2) is 7.76. The minimum absolute atomic E-state index is 0.137. The molecule has 0 fully saturated rings. The molecule has 6 nitrogen and oxygen atoms in total. The largest absolute Gasteiger partial charge is 0.304 e. The third kappa shape index (κ3) is 3.87. The van der Waals surface area contributed by atoms with Crippen LogP contribution in [-0.4, -0.2) is 24.5 Å². The van der Waals surface area contributed by atoms with Crippen molar-refractivity contribution in [3.8, 4) is 5.69 Å². The van der Waals surface area contributed by atoms with E-state index in [1.807, 2.05) is 52.0 Å². The summed E-state index contributed by atoms with van der Waals surface area (Å²) >= 11 is 0. The minimum atomic E-state index is 0.137. The zero-order valence-corrected chi connectivity index (χ0v) is 14.3. The predicted molar refractivity (Wildman–Crippen MR) is 99.6 cm³/mol. The van der Waals surface area contributed by atoms with Crippen LogP contribution in [0.3, 0.4) is 0 Å². The van der Waals surface area contributed by atoms with Gasteiger partial charge in [0.15, 0.2) is 0 Å². The molecule has 1 unspecified atom stereocenters. The molecule has 0 bridgehead atoms. The first-order valence-corrected chi connectivity index (χ1v) is 8.58. The molecule has 2 heterocycles. The lowest BCUT2D eigenvalue weighted by Gasteiger charge is -2.18. The predicted octanol–water partition coefficient (Wildman–Crippen LogP) is 2.99. The van der Waals surface area contributed by atoms with Gasteiger partial charge in [-0.2, -0.15) is 10.2 Å². The Bertz CT molecular complexity index is 915. The molecule has 1 N–H and O–H groups in total. The summed E-state index contributed by atoms with van der Waals surface area (Å²) < 4.78 is 3.74. The van der Waals surface area contributed by atoms with Crippen LogP contribution in [0.5, 0.6) is 0 Å². The van der Waals surface area contributed by atoms with Gasteiger partial charge in [0.1, 0.15) is 12.7 Å². The van der Waals surface area contributed by atoms with E-state index in [0.29, 0.717) is 0 Å². The molecule has 4 aromatic rings. The maximum absolute atomic E-state index is 4.46. The third-order valence-corrected chi connectivity index (χ3v) is 4.25. The summed E-state index contributed by atoms with van der Waals surface area (Å²) in [6.45, 7) is 1.44. The van der Waals surface area contributed by atoms with Gasteiger partial charge >= 0.3 is 0 Å². The molecular weight excluding hydrogens is 324 g/mol. The number of aromatic nitrogens is 5. The van der Waals surface area contributed by atoms with Crippen LogP contribution < -0.4 is 5.32 Å². The Morgan fingerprint density at radius 1 is 0.923 bits per heavy atom. The van der Waals surface area contributed by atoms with Crippen LogP contribution in [0.1, 0.15) is 17.2 Å². The zero-order valence-electron chi connectivity index (χ0n) is 14.3. The van der Waals surface area contributed by atoms with E-state index >= 15 is 0 Å². The molecule has 0 aliphatic heterocycles. The maximum atomic E-state index is 4.46. The number of hydrogen-bond acceptors (Lipinski definition) is 4. The summed E-state index contributed by atoms with van der Waals surface area (Å²) in [7, 11) is 0. The van der Waals surface area contributed by atoms with E-state index in [2.05, 4.69) is 51.0 Å². The lowest BCUT2D eigenvalue weighted by atomic mass is 10.1. The summed E-state index contributed by atoms with van der Waals surface area (Å²) in [6.07, 6.45) is 7.26. The molecule has 0 aliphatic carbocycles. The second-order valence-electron chi connectivity index (χ2n) is 6.09. The average Bonchev–Trinajstić information content (AvgIpc) is 3.38. The van der Waals surface area contributed by atoms with Gasteiger partial charge < -0.3 is 5.32 Å². The lowest BCUT2D eigenvalue weighted by molar-refractivity contribution is 0.436. The van der Waals surface area contributed by atoms with Gasteiger partial charge in [-0.3, -0.25) is 4.68 Å². The first-order chi connectivity index (χ1) is 12.9. The topological polar surface area (TPSA) is 60.6 Å². The Morgan fingerprint density at radius 2 is 1.69 bits per heavy atom. The summed E-state index contributed by atoms with van der Waals surface area (Å²) in [5.74, 6) is 0. The molecule has 2 aromatic carbocycles. The maximum Gasteiger partial charge on any atom is 0.137 e. The number of nitrogens with zero attached hydrogens (tertiary/aromatic N) is 5.